The molecule has 0 amide bonds. The first-order valence-corrected chi connectivity index (χ1v) is 18.5. The van der Waals surface area contributed by atoms with Crippen LogP contribution in [0.1, 0.15) is 100 Å². The molecule has 5 aliphatic carbocycles. The normalized spacial score (nSPS) is 59.1. The van der Waals surface area contributed by atoms with E-state index in [9.17, 15) is 30.3 Å². The molecule has 5 N–H and O–H groups in total. The Labute approximate surface area is 284 Å². The number of esters is 1. The minimum Gasteiger partial charge on any atom is -0.457 e. The Balaban J connectivity index is 1.11. The summed E-state index contributed by atoms with van der Waals surface area (Å²) in [6, 6.07) is 0. The molecular formula is C37H58O11. The second-order valence-corrected chi connectivity index (χ2v) is 18.9. The molecule has 11 heteroatoms. The van der Waals surface area contributed by atoms with Gasteiger partial charge in [0.25, 0.3) is 0 Å². The third-order valence-electron chi connectivity index (χ3n) is 16.3. The predicted molar refractivity (Wildman–Crippen MR) is 170 cm³/mol. The van der Waals surface area contributed by atoms with Crippen molar-refractivity contribution in [1.29, 1.82) is 0 Å². The van der Waals surface area contributed by atoms with Crippen molar-refractivity contribution >= 4 is 5.97 Å². The first-order chi connectivity index (χ1) is 22.3. The molecule has 8 rings (SSSR count). The zero-order valence-corrected chi connectivity index (χ0v) is 29.8. The molecule has 3 aliphatic heterocycles. The van der Waals surface area contributed by atoms with Gasteiger partial charge in [-0.15, -0.1) is 0 Å². The van der Waals surface area contributed by atoms with Gasteiger partial charge in [-0.1, -0.05) is 34.6 Å². The van der Waals surface area contributed by atoms with Crippen LogP contribution >= 0.6 is 0 Å². The van der Waals surface area contributed by atoms with E-state index >= 15 is 0 Å². The molecule has 3 saturated heterocycles. The van der Waals surface area contributed by atoms with Crippen LogP contribution in [0, 0.1) is 50.7 Å². The first-order valence-electron chi connectivity index (χ1n) is 18.5. The zero-order chi connectivity index (χ0) is 34.8. The fourth-order valence-corrected chi connectivity index (χ4v) is 14.4. The second-order valence-electron chi connectivity index (χ2n) is 18.9. The molecule has 8 fully saturated rings. The summed E-state index contributed by atoms with van der Waals surface area (Å²) in [5.41, 5.74) is -2.51. The average molecular weight is 679 g/mol. The van der Waals surface area contributed by atoms with Crippen molar-refractivity contribution in [3.8, 4) is 0 Å². The van der Waals surface area contributed by atoms with Crippen LogP contribution in [-0.4, -0.2) is 105 Å². The van der Waals surface area contributed by atoms with Crippen LogP contribution in [0.2, 0.25) is 0 Å². The predicted octanol–water partition coefficient (Wildman–Crippen LogP) is 2.66. The van der Waals surface area contributed by atoms with E-state index in [1.165, 1.54) is 6.92 Å². The van der Waals surface area contributed by atoms with E-state index < -0.39 is 66.3 Å². The highest BCUT2D eigenvalue weighted by Crippen LogP contribution is 2.90. The van der Waals surface area contributed by atoms with Gasteiger partial charge in [-0.2, -0.15) is 0 Å². The molecule has 272 valence electrons. The monoisotopic (exact) mass is 678 g/mol. The second kappa shape index (κ2) is 10.2. The number of hydrogen-bond acceptors (Lipinski definition) is 11. The number of aliphatic hydroxyl groups is 5. The molecular weight excluding hydrogens is 620 g/mol. The van der Waals surface area contributed by atoms with Gasteiger partial charge < -0.3 is 49.2 Å². The summed E-state index contributed by atoms with van der Waals surface area (Å²) in [6.07, 6.45) is -1.28. The lowest BCUT2D eigenvalue weighted by atomic mass is 9.40. The molecule has 0 aromatic heterocycles. The van der Waals surface area contributed by atoms with Crippen LogP contribution in [0.4, 0.5) is 0 Å². The smallest absolute Gasteiger partial charge is 0.303 e. The summed E-state index contributed by atoms with van der Waals surface area (Å²) in [5.74, 6) is -1.52. The van der Waals surface area contributed by atoms with E-state index in [0.717, 1.165) is 38.5 Å². The molecule has 0 aromatic rings. The Hall–Kier alpha value is -0.890. The van der Waals surface area contributed by atoms with Crippen molar-refractivity contribution in [2.24, 2.45) is 50.7 Å². The zero-order valence-electron chi connectivity index (χ0n) is 29.8. The van der Waals surface area contributed by atoms with Crippen molar-refractivity contribution in [1.82, 2.24) is 0 Å². The number of ether oxygens (including phenoxy) is 5. The maximum Gasteiger partial charge on any atom is 0.303 e. The van der Waals surface area contributed by atoms with Gasteiger partial charge in [0.1, 0.15) is 36.1 Å². The van der Waals surface area contributed by atoms with Gasteiger partial charge >= 0.3 is 5.97 Å². The molecule has 18 atom stereocenters. The van der Waals surface area contributed by atoms with Crippen LogP contribution in [0.5, 0.6) is 0 Å². The maximum absolute atomic E-state index is 12.8. The lowest BCUT2D eigenvalue weighted by Crippen LogP contribution is -2.64. The van der Waals surface area contributed by atoms with Gasteiger partial charge in [0.05, 0.1) is 24.9 Å². The lowest BCUT2D eigenvalue weighted by Gasteiger charge is -2.64. The molecule has 3 heterocycles. The highest BCUT2D eigenvalue weighted by atomic mass is 16.8. The summed E-state index contributed by atoms with van der Waals surface area (Å²) >= 11 is 0. The number of rotatable bonds is 5. The summed E-state index contributed by atoms with van der Waals surface area (Å²) in [6.45, 7) is 15.9. The average Bonchev–Trinajstić information content (AvgIpc) is 3.34. The van der Waals surface area contributed by atoms with Gasteiger partial charge in [0, 0.05) is 18.3 Å². The van der Waals surface area contributed by atoms with E-state index in [4.69, 9.17) is 23.7 Å². The molecule has 0 aromatic carbocycles. The van der Waals surface area contributed by atoms with Gasteiger partial charge in [-0.05, 0) is 98.2 Å². The molecule has 8 aliphatic rings. The van der Waals surface area contributed by atoms with Crippen molar-refractivity contribution in [2.45, 2.75) is 167 Å². The minimum absolute atomic E-state index is 0.0105. The van der Waals surface area contributed by atoms with Crippen LogP contribution < -0.4 is 0 Å². The Morgan fingerprint density at radius 2 is 1.65 bits per heavy atom. The number of carbonyl (C=O) groups excluding carboxylic acids is 1. The van der Waals surface area contributed by atoms with Crippen molar-refractivity contribution in [3.05, 3.63) is 0 Å². The standard InChI is InChI=1S/C37H58O11/c1-17-13-20-28(32(5,6)46-18(2)39)48-37(47-20)26(17)33(7)11-12-36-16-35(36)10-9-23(45-29-25(42)24(41)21(15-38)44-29)31(3,4)22(35)14-19(40)27(36)34(33,8)30(37)43/h17,19-30,38,40-43H,9-16H2,1-8H3. The minimum atomic E-state index is -1.25. The molecule has 5 saturated carbocycles. The third-order valence-corrected chi connectivity index (χ3v) is 16.3. The summed E-state index contributed by atoms with van der Waals surface area (Å²) in [7, 11) is 0. The number of aliphatic hydroxyl groups excluding tert-OH is 5. The Morgan fingerprint density at radius 1 is 0.938 bits per heavy atom. The first kappa shape index (κ1) is 34.2. The maximum atomic E-state index is 12.8. The molecule has 3 spiro atoms. The molecule has 0 radical (unpaired) electrons. The van der Waals surface area contributed by atoms with Crippen molar-refractivity contribution in [3.63, 3.8) is 0 Å². The van der Waals surface area contributed by atoms with E-state index in [1.54, 1.807) is 0 Å². The Bertz CT molecular complexity index is 1350. The van der Waals surface area contributed by atoms with Crippen LogP contribution in [0.3, 0.4) is 0 Å². The number of fused-ring (bicyclic) bond motifs is 4. The van der Waals surface area contributed by atoms with Crippen molar-refractivity contribution in [2.75, 3.05) is 6.61 Å². The molecule has 11 nitrogen and oxygen atoms in total. The largest absolute Gasteiger partial charge is 0.457 e. The number of carbonyl (C=O) groups is 1. The molecule has 18 unspecified atom stereocenters. The van der Waals surface area contributed by atoms with E-state index in [-0.39, 0.29) is 63.5 Å². The highest BCUT2D eigenvalue weighted by molar-refractivity contribution is 5.66. The summed E-state index contributed by atoms with van der Waals surface area (Å²) in [5, 5.41) is 55.9. The fraction of sp³-hybridized carbons (Fsp3) is 0.973. The van der Waals surface area contributed by atoms with Gasteiger partial charge in [0.2, 0.25) is 0 Å². The van der Waals surface area contributed by atoms with Gasteiger partial charge in [0.15, 0.2) is 12.1 Å². The summed E-state index contributed by atoms with van der Waals surface area (Å²) in [4.78, 5) is 12.1. The summed E-state index contributed by atoms with van der Waals surface area (Å²) < 4.78 is 31.8. The Morgan fingerprint density at radius 3 is 2.29 bits per heavy atom. The molecule has 2 bridgehead atoms. The Kier molecular flexibility index (Phi) is 7.24. The van der Waals surface area contributed by atoms with Crippen LogP contribution in [0.25, 0.3) is 0 Å². The molecule has 48 heavy (non-hydrogen) atoms. The van der Waals surface area contributed by atoms with Crippen molar-refractivity contribution < 1.29 is 54.0 Å². The lowest BCUT2D eigenvalue weighted by molar-refractivity contribution is -0.285. The van der Waals surface area contributed by atoms with E-state index in [0.29, 0.717) is 6.42 Å². The third kappa shape index (κ3) is 3.84. The van der Waals surface area contributed by atoms with E-state index in [1.807, 2.05) is 13.8 Å². The van der Waals surface area contributed by atoms with Gasteiger partial charge in [-0.3, -0.25) is 4.79 Å². The highest BCUT2D eigenvalue weighted by Gasteiger charge is 2.89. The van der Waals surface area contributed by atoms with E-state index in [2.05, 4.69) is 34.6 Å². The SMILES string of the molecule is CC(=O)OC(C)(C)C1OC23OC1CC(C)C2C1(C)CCC24CC25CCC(OC2OC(CO)C(O)C2O)C(C)(C)C5CC(O)C4C1(C)C3O. The quantitative estimate of drug-likeness (QED) is 0.272. The van der Waals surface area contributed by atoms with Crippen LogP contribution in [0.15, 0.2) is 0 Å². The van der Waals surface area contributed by atoms with Gasteiger partial charge in [-0.25, -0.2) is 0 Å². The number of hydrogen-bond donors (Lipinski definition) is 5. The topological polar surface area (TPSA) is 164 Å². The fourth-order valence-electron chi connectivity index (χ4n) is 14.4. The van der Waals surface area contributed by atoms with Crippen LogP contribution in [-0.2, 0) is 28.5 Å².